The summed E-state index contributed by atoms with van der Waals surface area (Å²) in [5.74, 6) is -0.970. The third-order valence-electron chi connectivity index (χ3n) is 3.30. The van der Waals surface area contributed by atoms with Crippen LogP contribution in [0.5, 0.6) is 0 Å². The van der Waals surface area contributed by atoms with Gasteiger partial charge >= 0.3 is 0 Å². The van der Waals surface area contributed by atoms with Gasteiger partial charge in [0.25, 0.3) is 11.8 Å². The summed E-state index contributed by atoms with van der Waals surface area (Å²) >= 11 is 11.0. The van der Waals surface area contributed by atoms with Crippen molar-refractivity contribution >= 4 is 52.5 Å². The van der Waals surface area contributed by atoms with Crippen molar-refractivity contribution in [3.05, 3.63) is 70.8 Å². The van der Waals surface area contributed by atoms with E-state index in [9.17, 15) is 9.59 Å². The highest BCUT2D eigenvalue weighted by atomic mass is 35.5. The largest absolute Gasteiger partial charge is 0.298 e. The van der Waals surface area contributed by atoms with Crippen LogP contribution in [-0.4, -0.2) is 16.9 Å². The summed E-state index contributed by atoms with van der Waals surface area (Å²) in [7, 11) is 0. The Hall–Kier alpha value is -2.50. The van der Waals surface area contributed by atoms with E-state index in [-0.39, 0.29) is 10.7 Å². The van der Waals surface area contributed by atoms with Crippen molar-refractivity contribution in [3.8, 4) is 0 Å². The van der Waals surface area contributed by atoms with Crippen molar-refractivity contribution in [3.63, 3.8) is 0 Å². The quantitative estimate of drug-likeness (QED) is 0.518. The first-order valence-electron chi connectivity index (χ1n) is 6.78. The summed E-state index contributed by atoms with van der Waals surface area (Å²) in [6.07, 6.45) is 1.52. The summed E-state index contributed by atoms with van der Waals surface area (Å²) in [5, 5.41) is 3.19. The average molecular weight is 343 g/mol. The Morgan fingerprint density at radius 2 is 1.65 bits per heavy atom. The summed E-state index contributed by atoms with van der Waals surface area (Å²) < 4.78 is 0. The average Bonchev–Trinajstić information content (AvgIpc) is 2.54. The number of amides is 2. The van der Waals surface area contributed by atoms with Crippen LogP contribution in [0.2, 0.25) is 5.02 Å². The van der Waals surface area contributed by atoms with Gasteiger partial charge in [-0.25, -0.2) is 0 Å². The lowest BCUT2D eigenvalue weighted by Gasteiger charge is -2.28. The molecule has 0 aromatic heterocycles. The molecule has 0 radical (unpaired) electrons. The highest BCUT2D eigenvalue weighted by Gasteiger charge is 2.34. The molecular formula is C17H11ClN2O2S. The second-order valence-electron chi connectivity index (χ2n) is 4.84. The van der Waals surface area contributed by atoms with Gasteiger partial charge in [-0.15, -0.1) is 0 Å². The van der Waals surface area contributed by atoms with Crippen molar-refractivity contribution in [1.82, 2.24) is 5.32 Å². The highest BCUT2D eigenvalue weighted by molar-refractivity contribution is 7.80. The standard InChI is InChI=1S/C17H11ClN2O2S/c18-12-8-6-11(7-9-12)10-14-15(21)19-17(23)20(16(14)22)13-4-2-1-3-5-13/h1-10H,(H,19,21,23). The molecule has 0 saturated carbocycles. The molecule has 1 N–H and O–H groups in total. The Labute approximate surface area is 143 Å². The summed E-state index contributed by atoms with van der Waals surface area (Å²) in [4.78, 5) is 26.1. The molecule has 0 unspecified atom stereocenters. The van der Waals surface area contributed by atoms with E-state index in [1.807, 2.05) is 6.07 Å². The number of carbonyl (C=O) groups is 2. The molecule has 0 atom stereocenters. The van der Waals surface area contributed by atoms with Crippen LogP contribution in [0, 0.1) is 0 Å². The van der Waals surface area contributed by atoms with Crippen LogP contribution in [0.15, 0.2) is 60.2 Å². The summed E-state index contributed by atoms with van der Waals surface area (Å²) in [6, 6.07) is 15.8. The zero-order valence-corrected chi connectivity index (χ0v) is 13.4. The van der Waals surface area contributed by atoms with Crippen LogP contribution in [0.1, 0.15) is 5.56 Å². The first-order chi connectivity index (χ1) is 11.1. The minimum absolute atomic E-state index is 0.0183. The zero-order chi connectivity index (χ0) is 16.4. The minimum Gasteiger partial charge on any atom is -0.298 e. The van der Waals surface area contributed by atoms with Gasteiger partial charge in [-0.3, -0.25) is 19.8 Å². The van der Waals surface area contributed by atoms with Gasteiger partial charge in [-0.05, 0) is 48.1 Å². The topological polar surface area (TPSA) is 49.4 Å². The number of halogens is 1. The van der Waals surface area contributed by atoms with Gasteiger partial charge in [-0.2, -0.15) is 0 Å². The molecule has 23 heavy (non-hydrogen) atoms. The zero-order valence-electron chi connectivity index (χ0n) is 11.8. The lowest BCUT2D eigenvalue weighted by Crippen LogP contribution is -2.54. The Morgan fingerprint density at radius 3 is 2.30 bits per heavy atom. The van der Waals surface area contributed by atoms with E-state index >= 15 is 0 Å². The van der Waals surface area contributed by atoms with E-state index in [0.717, 1.165) is 0 Å². The number of nitrogens with one attached hydrogen (secondary N) is 1. The van der Waals surface area contributed by atoms with Gasteiger partial charge in [0.1, 0.15) is 5.57 Å². The number of rotatable bonds is 2. The lowest BCUT2D eigenvalue weighted by molar-refractivity contribution is -0.122. The molecule has 0 aliphatic carbocycles. The number of para-hydroxylation sites is 1. The molecule has 1 aliphatic heterocycles. The minimum atomic E-state index is -0.512. The maximum atomic E-state index is 12.7. The Morgan fingerprint density at radius 1 is 1.00 bits per heavy atom. The first kappa shape index (κ1) is 15.4. The second kappa shape index (κ2) is 6.32. The molecule has 1 saturated heterocycles. The molecular weight excluding hydrogens is 332 g/mol. The van der Waals surface area contributed by atoms with E-state index in [0.29, 0.717) is 16.3 Å². The molecule has 0 bridgehead atoms. The molecule has 4 nitrogen and oxygen atoms in total. The van der Waals surface area contributed by atoms with Gasteiger partial charge in [0, 0.05) is 5.02 Å². The number of benzene rings is 2. The van der Waals surface area contributed by atoms with Gasteiger partial charge in [0.05, 0.1) is 5.69 Å². The summed E-state index contributed by atoms with van der Waals surface area (Å²) in [5.41, 5.74) is 1.32. The van der Waals surface area contributed by atoms with Crippen molar-refractivity contribution < 1.29 is 9.59 Å². The third-order valence-corrected chi connectivity index (χ3v) is 3.83. The van der Waals surface area contributed by atoms with Gasteiger partial charge in [0.15, 0.2) is 5.11 Å². The van der Waals surface area contributed by atoms with Gasteiger partial charge in [-0.1, -0.05) is 41.9 Å². The monoisotopic (exact) mass is 342 g/mol. The first-order valence-corrected chi connectivity index (χ1v) is 7.57. The van der Waals surface area contributed by atoms with E-state index in [2.05, 4.69) is 5.32 Å². The van der Waals surface area contributed by atoms with E-state index in [1.165, 1.54) is 11.0 Å². The Balaban J connectivity index is 2.00. The van der Waals surface area contributed by atoms with Crippen molar-refractivity contribution in [2.75, 3.05) is 4.90 Å². The predicted molar refractivity (Wildman–Crippen MR) is 94.1 cm³/mol. The van der Waals surface area contributed by atoms with Crippen molar-refractivity contribution in [2.24, 2.45) is 0 Å². The van der Waals surface area contributed by atoms with Crippen molar-refractivity contribution in [1.29, 1.82) is 0 Å². The molecule has 3 rings (SSSR count). The van der Waals surface area contributed by atoms with Crippen LogP contribution in [0.25, 0.3) is 6.08 Å². The molecule has 1 fully saturated rings. The molecule has 0 spiro atoms. The number of hydrogen-bond acceptors (Lipinski definition) is 3. The molecule has 2 aromatic rings. The van der Waals surface area contributed by atoms with Gasteiger partial charge in [0.2, 0.25) is 0 Å². The second-order valence-corrected chi connectivity index (χ2v) is 5.67. The highest BCUT2D eigenvalue weighted by Crippen LogP contribution is 2.22. The number of anilines is 1. The number of carbonyl (C=O) groups excluding carboxylic acids is 2. The van der Waals surface area contributed by atoms with Crippen LogP contribution >= 0.6 is 23.8 Å². The number of hydrogen-bond donors (Lipinski definition) is 1. The SMILES string of the molecule is O=C1NC(=S)N(c2ccccc2)C(=O)C1=Cc1ccc(Cl)cc1. The van der Waals surface area contributed by atoms with Crippen molar-refractivity contribution in [2.45, 2.75) is 0 Å². The third kappa shape index (κ3) is 3.16. The molecule has 6 heteroatoms. The number of nitrogens with zero attached hydrogens (tertiary/aromatic N) is 1. The molecule has 114 valence electrons. The number of thiocarbonyl (C=S) groups is 1. The van der Waals surface area contributed by atoms with Crippen LogP contribution in [-0.2, 0) is 9.59 Å². The smallest absolute Gasteiger partial charge is 0.270 e. The molecule has 2 aromatic carbocycles. The molecule has 1 aliphatic rings. The maximum absolute atomic E-state index is 12.7. The van der Waals surface area contributed by atoms with Crippen LogP contribution in [0.3, 0.4) is 0 Å². The fraction of sp³-hybridized carbons (Fsp3) is 0. The maximum Gasteiger partial charge on any atom is 0.270 e. The fourth-order valence-electron chi connectivity index (χ4n) is 2.19. The van der Waals surface area contributed by atoms with E-state index in [1.54, 1.807) is 48.5 Å². The van der Waals surface area contributed by atoms with Crippen LogP contribution in [0.4, 0.5) is 5.69 Å². The summed E-state index contributed by atoms with van der Waals surface area (Å²) in [6.45, 7) is 0. The molecule has 2 amide bonds. The Bertz CT molecular complexity index is 816. The van der Waals surface area contributed by atoms with E-state index < -0.39 is 11.8 Å². The fourth-order valence-corrected chi connectivity index (χ4v) is 2.60. The van der Waals surface area contributed by atoms with Gasteiger partial charge < -0.3 is 0 Å². The molecule has 1 heterocycles. The Kier molecular flexibility index (Phi) is 4.23. The van der Waals surface area contributed by atoms with Crippen LogP contribution < -0.4 is 10.2 Å². The predicted octanol–water partition coefficient (Wildman–Crippen LogP) is 3.17. The van der Waals surface area contributed by atoms with E-state index in [4.69, 9.17) is 23.8 Å². The normalized spacial score (nSPS) is 16.7. The lowest BCUT2D eigenvalue weighted by atomic mass is 10.1.